The molecule has 0 fully saturated rings. The van der Waals surface area contributed by atoms with E-state index in [4.69, 9.17) is 16.7 Å². The van der Waals surface area contributed by atoms with Crippen molar-refractivity contribution < 1.29 is 13.5 Å². The van der Waals surface area contributed by atoms with Crippen LogP contribution in [0.5, 0.6) is 0 Å². The minimum Gasteiger partial charge on any atom is -0.392 e. The first-order valence-corrected chi connectivity index (χ1v) is 7.76. The highest BCUT2D eigenvalue weighted by molar-refractivity contribution is 7.89. The van der Waals surface area contributed by atoms with Gasteiger partial charge in [0.25, 0.3) is 0 Å². The fourth-order valence-electron chi connectivity index (χ4n) is 1.51. The van der Waals surface area contributed by atoms with Gasteiger partial charge < -0.3 is 5.11 Å². The van der Waals surface area contributed by atoms with Gasteiger partial charge in [-0.2, -0.15) is 0 Å². The fourth-order valence-corrected chi connectivity index (χ4v) is 3.13. The molecule has 4 nitrogen and oxygen atoms in total. The average Bonchev–Trinajstić information content (AvgIpc) is 2.35. The van der Waals surface area contributed by atoms with E-state index in [1.165, 1.54) is 12.1 Å². The van der Waals surface area contributed by atoms with Gasteiger partial charge in [-0.3, -0.25) is 0 Å². The van der Waals surface area contributed by atoms with Crippen LogP contribution in [0.3, 0.4) is 0 Å². The lowest BCUT2D eigenvalue weighted by molar-refractivity contribution is 0.281. The van der Waals surface area contributed by atoms with E-state index >= 15 is 0 Å². The van der Waals surface area contributed by atoms with Gasteiger partial charge in [0.15, 0.2) is 0 Å². The summed E-state index contributed by atoms with van der Waals surface area (Å²) in [4.78, 5) is 0.0206. The number of benzene rings is 1. The first-order chi connectivity index (χ1) is 8.51. The molecule has 18 heavy (non-hydrogen) atoms. The minimum atomic E-state index is -3.60. The van der Waals surface area contributed by atoms with Crippen LogP contribution in [-0.4, -0.2) is 20.1 Å². The third-order valence-electron chi connectivity index (χ3n) is 2.54. The molecule has 0 atom stereocenters. The summed E-state index contributed by atoms with van der Waals surface area (Å²) in [6, 6.07) is 4.47. The molecule has 1 aromatic carbocycles. The predicted molar refractivity (Wildman–Crippen MR) is 72.1 cm³/mol. The number of hydrogen-bond acceptors (Lipinski definition) is 3. The van der Waals surface area contributed by atoms with Crippen LogP contribution in [0.2, 0.25) is 5.02 Å². The number of aliphatic hydroxyl groups is 1. The van der Waals surface area contributed by atoms with E-state index < -0.39 is 10.0 Å². The molecule has 1 rings (SSSR count). The Balaban J connectivity index is 2.83. The highest BCUT2D eigenvalue weighted by Crippen LogP contribution is 2.22. The van der Waals surface area contributed by atoms with Crippen molar-refractivity contribution in [2.45, 2.75) is 37.7 Å². The molecule has 0 heterocycles. The topological polar surface area (TPSA) is 66.4 Å². The zero-order valence-electron chi connectivity index (χ0n) is 10.3. The fraction of sp³-hybridized carbons (Fsp3) is 0.500. The molecule has 0 unspecified atom stereocenters. The van der Waals surface area contributed by atoms with Crippen LogP contribution >= 0.6 is 11.6 Å². The summed E-state index contributed by atoms with van der Waals surface area (Å²) in [5.41, 5.74) is 0.522. The minimum absolute atomic E-state index is 0.0206. The van der Waals surface area contributed by atoms with Crippen LogP contribution in [0.1, 0.15) is 31.7 Å². The zero-order chi connectivity index (χ0) is 13.6. The number of nitrogens with one attached hydrogen (secondary N) is 1. The third kappa shape index (κ3) is 4.24. The molecule has 0 bridgehead atoms. The van der Waals surface area contributed by atoms with Gasteiger partial charge in [-0.1, -0.05) is 37.4 Å². The number of halogens is 1. The Morgan fingerprint density at radius 1 is 1.33 bits per heavy atom. The molecule has 0 aromatic heterocycles. The van der Waals surface area contributed by atoms with Gasteiger partial charge in [0.05, 0.1) is 11.6 Å². The van der Waals surface area contributed by atoms with Gasteiger partial charge in [0.2, 0.25) is 10.0 Å². The number of hydrogen-bond donors (Lipinski definition) is 2. The van der Waals surface area contributed by atoms with E-state index in [0.29, 0.717) is 12.1 Å². The molecule has 0 amide bonds. The number of sulfonamides is 1. The van der Waals surface area contributed by atoms with Crippen LogP contribution in [0, 0.1) is 0 Å². The van der Waals surface area contributed by atoms with Crippen molar-refractivity contribution in [3.8, 4) is 0 Å². The summed E-state index contributed by atoms with van der Waals surface area (Å²) in [6.45, 7) is 2.24. The Morgan fingerprint density at radius 2 is 2.06 bits per heavy atom. The first kappa shape index (κ1) is 15.4. The van der Waals surface area contributed by atoms with E-state index in [1.807, 2.05) is 0 Å². The Labute approximate surface area is 113 Å². The standard InChI is InChI=1S/C12H18ClNO3S/c1-2-3-4-7-14-18(16,17)12-8-10(9-15)5-6-11(12)13/h5-6,8,14-15H,2-4,7,9H2,1H3. The van der Waals surface area contributed by atoms with Crippen LogP contribution in [0.15, 0.2) is 23.1 Å². The lowest BCUT2D eigenvalue weighted by Crippen LogP contribution is -2.25. The quantitative estimate of drug-likeness (QED) is 0.758. The second-order valence-corrected chi connectivity index (χ2v) is 6.17. The molecule has 6 heteroatoms. The first-order valence-electron chi connectivity index (χ1n) is 5.90. The number of aliphatic hydroxyl groups excluding tert-OH is 1. The Hall–Kier alpha value is -0.620. The lowest BCUT2D eigenvalue weighted by atomic mass is 10.2. The molecule has 2 N–H and O–H groups in total. The highest BCUT2D eigenvalue weighted by Gasteiger charge is 2.17. The summed E-state index contributed by atoms with van der Waals surface area (Å²) in [5.74, 6) is 0. The van der Waals surface area contributed by atoms with Crippen molar-refractivity contribution in [1.82, 2.24) is 4.72 Å². The second-order valence-electron chi connectivity index (χ2n) is 4.03. The summed E-state index contributed by atoms with van der Waals surface area (Å²) < 4.78 is 26.5. The number of rotatable bonds is 7. The van der Waals surface area contributed by atoms with Gasteiger partial charge in [-0.15, -0.1) is 0 Å². The van der Waals surface area contributed by atoms with Crippen molar-refractivity contribution in [1.29, 1.82) is 0 Å². The maximum atomic E-state index is 12.0. The smallest absolute Gasteiger partial charge is 0.242 e. The molecular weight excluding hydrogens is 274 g/mol. The van der Waals surface area contributed by atoms with Crippen LogP contribution in [0.25, 0.3) is 0 Å². The molecule has 0 radical (unpaired) electrons. The monoisotopic (exact) mass is 291 g/mol. The normalized spacial score (nSPS) is 11.7. The number of unbranched alkanes of at least 4 members (excludes halogenated alkanes) is 2. The molecule has 0 saturated carbocycles. The van der Waals surface area contributed by atoms with Crippen molar-refractivity contribution in [3.63, 3.8) is 0 Å². The maximum absolute atomic E-state index is 12.0. The van der Waals surface area contributed by atoms with Crippen molar-refractivity contribution in [3.05, 3.63) is 28.8 Å². The Kier molecular flexibility index (Phi) is 6.08. The predicted octanol–water partition coefficient (Wildman–Crippen LogP) is 2.30. The van der Waals surface area contributed by atoms with Crippen molar-refractivity contribution in [2.24, 2.45) is 0 Å². The molecule has 102 valence electrons. The largest absolute Gasteiger partial charge is 0.392 e. The van der Waals surface area contributed by atoms with Gasteiger partial charge >= 0.3 is 0 Å². The van der Waals surface area contributed by atoms with Crippen molar-refractivity contribution in [2.75, 3.05) is 6.54 Å². The highest BCUT2D eigenvalue weighted by atomic mass is 35.5. The SMILES string of the molecule is CCCCCNS(=O)(=O)c1cc(CO)ccc1Cl. The molecule has 0 aliphatic rings. The molecule has 1 aromatic rings. The van der Waals surface area contributed by atoms with Crippen LogP contribution in [0.4, 0.5) is 0 Å². The van der Waals surface area contributed by atoms with E-state index in [9.17, 15) is 8.42 Å². The van der Waals surface area contributed by atoms with Gasteiger partial charge in [-0.25, -0.2) is 13.1 Å². The van der Waals surface area contributed by atoms with Crippen LogP contribution in [-0.2, 0) is 16.6 Å². The van der Waals surface area contributed by atoms with Gasteiger partial charge in [0, 0.05) is 6.54 Å². The summed E-state index contributed by atoms with van der Waals surface area (Å²) in [6.07, 6.45) is 2.81. The maximum Gasteiger partial charge on any atom is 0.242 e. The molecular formula is C12H18ClNO3S. The van der Waals surface area contributed by atoms with Crippen molar-refractivity contribution >= 4 is 21.6 Å². The molecule has 0 spiro atoms. The molecule has 0 aliphatic carbocycles. The second kappa shape index (κ2) is 7.09. The molecule has 0 saturated heterocycles. The van der Waals surface area contributed by atoms with Crippen LogP contribution < -0.4 is 4.72 Å². The third-order valence-corrected chi connectivity index (χ3v) is 4.48. The van der Waals surface area contributed by atoms with E-state index in [2.05, 4.69) is 11.6 Å². The summed E-state index contributed by atoms with van der Waals surface area (Å²) in [7, 11) is -3.60. The zero-order valence-corrected chi connectivity index (χ0v) is 11.9. The Bertz CT molecular complexity index is 488. The summed E-state index contributed by atoms with van der Waals surface area (Å²) in [5, 5.41) is 9.17. The summed E-state index contributed by atoms with van der Waals surface area (Å²) >= 11 is 5.88. The average molecular weight is 292 g/mol. The van der Waals surface area contributed by atoms with Gasteiger partial charge in [-0.05, 0) is 24.1 Å². The Morgan fingerprint density at radius 3 is 2.67 bits per heavy atom. The lowest BCUT2D eigenvalue weighted by Gasteiger charge is -2.09. The van der Waals surface area contributed by atoms with E-state index in [-0.39, 0.29) is 16.5 Å². The van der Waals surface area contributed by atoms with Gasteiger partial charge in [0.1, 0.15) is 4.90 Å². The molecule has 0 aliphatic heterocycles. The van der Waals surface area contributed by atoms with E-state index in [1.54, 1.807) is 6.07 Å². The van der Waals surface area contributed by atoms with E-state index in [0.717, 1.165) is 19.3 Å².